The van der Waals surface area contributed by atoms with Crippen LogP contribution in [0.3, 0.4) is 0 Å². The molecule has 0 aliphatic heterocycles. The standard InChI is InChI=1S/C15H31I/c1-3-4-5-6-7-8-9-10-11-12-13-14-15(2)16/h15H,3-14H2,1-2H3. The Balaban J connectivity index is 2.88. The van der Waals surface area contributed by atoms with Crippen LogP contribution in [0.2, 0.25) is 0 Å². The van der Waals surface area contributed by atoms with Crippen molar-refractivity contribution in [2.45, 2.75) is 94.8 Å². The summed E-state index contributed by atoms with van der Waals surface area (Å²) in [5.74, 6) is 0. The molecule has 1 unspecified atom stereocenters. The molecule has 0 rings (SSSR count). The second-order valence-corrected chi connectivity index (χ2v) is 7.23. The zero-order chi connectivity index (χ0) is 12.1. The normalized spacial score (nSPS) is 12.9. The molecular formula is C15H31I. The highest BCUT2D eigenvalue weighted by Gasteiger charge is 1.96. The number of halogens is 1. The molecule has 1 atom stereocenters. The van der Waals surface area contributed by atoms with E-state index in [1.54, 1.807) is 0 Å². The number of unbranched alkanes of at least 4 members (excludes halogenated alkanes) is 10. The first-order valence-electron chi connectivity index (χ1n) is 7.41. The van der Waals surface area contributed by atoms with E-state index in [1.165, 1.54) is 77.0 Å². The third-order valence-electron chi connectivity index (χ3n) is 3.21. The Labute approximate surface area is 117 Å². The maximum atomic E-state index is 2.53. The lowest BCUT2D eigenvalue weighted by atomic mass is 10.1. The highest BCUT2D eigenvalue weighted by atomic mass is 127. The van der Waals surface area contributed by atoms with Crippen molar-refractivity contribution in [1.82, 2.24) is 0 Å². The second-order valence-electron chi connectivity index (χ2n) is 5.10. The van der Waals surface area contributed by atoms with Gasteiger partial charge < -0.3 is 0 Å². The van der Waals surface area contributed by atoms with Crippen molar-refractivity contribution in [3.63, 3.8) is 0 Å². The van der Waals surface area contributed by atoms with Crippen LogP contribution in [0, 0.1) is 0 Å². The Morgan fingerprint density at radius 1 is 0.688 bits per heavy atom. The van der Waals surface area contributed by atoms with E-state index in [0.29, 0.717) is 0 Å². The molecule has 0 fully saturated rings. The molecule has 0 saturated carbocycles. The monoisotopic (exact) mass is 338 g/mol. The number of rotatable bonds is 12. The Kier molecular flexibility index (Phi) is 14.4. The van der Waals surface area contributed by atoms with Crippen LogP contribution in [-0.2, 0) is 0 Å². The predicted octanol–water partition coefficient (Wildman–Crippen LogP) is 6.51. The Hall–Kier alpha value is 0.730. The van der Waals surface area contributed by atoms with E-state index in [2.05, 4.69) is 36.4 Å². The van der Waals surface area contributed by atoms with Crippen molar-refractivity contribution in [2.24, 2.45) is 0 Å². The van der Waals surface area contributed by atoms with Gasteiger partial charge in [0.25, 0.3) is 0 Å². The molecule has 0 nitrogen and oxygen atoms in total. The van der Waals surface area contributed by atoms with E-state index in [4.69, 9.17) is 0 Å². The first-order valence-corrected chi connectivity index (χ1v) is 8.66. The molecule has 0 aromatic carbocycles. The summed E-state index contributed by atoms with van der Waals surface area (Å²) >= 11 is 2.53. The maximum absolute atomic E-state index is 2.53. The van der Waals surface area contributed by atoms with Crippen molar-refractivity contribution in [2.75, 3.05) is 0 Å². The molecule has 0 radical (unpaired) electrons. The van der Waals surface area contributed by atoms with Gasteiger partial charge in [0.2, 0.25) is 0 Å². The van der Waals surface area contributed by atoms with Gasteiger partial charge in [-0.1, -0.05) is 107 Å². The van der Waals surface area contributed by atoms with Crippen LogP contribution in [0.25, 0.3) is 0 Å². The van der Waals surface area contributed by atoms with Crippen LogP contribution in [-0.4, -0.2) is 3.92 Å². The Morgan fingerprint density at radius 2 is 1.06 bits per heavy atom. The lowest BCUT2D eigenvalue weighted by Gasteiger charge is -2.03. The highest BCUT2D eigenvalue weighted by Crippen LogP contribution is 2.14. The van der Waals surface area contributed by atoms with Crippen molar-refractivity contribution < 1.29 is 0 Å². The largest absolute Gasteiger partial charge is 0.0829 e. The smallest absolute Gasteiger partial charge is 0.00813 e. The minimum Gasteiger partial charge on any atom is -0.0829 e. The topological polar surface area (TPSA) is 0 Å². The third kappa shape index (κ3) is 14.7. The SMILES string of the molecule is CCCCCCCCCCCCCC(C)I. The third-order valence-corrected chi connectivity index (χ3v) is 3.83. The summed E-state index contributed by atoms with van der Waals surface area (Å²) in [6.07, 6.45) is 17.4. The molecule has 0 N–H and O–H groups in total. The molecular weight excluding hydrogens is 307 g/mol. The average molecular weight is 338 g/mol. The van der Waals surface area contributed by atoms with Gasteiger partial charge in [0.1, 0.15) is 0 Å². The van der Waals surface area contributed by atoms with Crippen LogP contribution in [0.5, 0.6) is 0 Å². The van der Waals surface area contributed by atoms with Crippen LogP contribution in [0.4, 0.5) is 0 Å². The van der Waals surface area contributed by atoms with Gasteiger partial charge in [-0.15, -0.1) is 0 Å². The van der Waals surface area contributed by atoms with Gasteiger partial charge in [0.15, 0.2) is 0 Å². The van der Waals surface area contributed by atoms with Crippen LogP contribution in [0.1, 0.15) is 90.9 Å². The average Bonchev–Trinajstić information content (AvgIpc) is 2.25. The van der Waals surface area contributed by atoms with Gasteiger partial charge in [0.05, 0.1) is 0 Å². The van der Waals surface area contributed by atoms with E-state index in [9.17, 15) is 0 Å². The van der Waals surface area contributed by atoms with Crippen LogP contribution < -0.4 is 0 Å². The molecule has 1 heteroatoms. The number of hydrogen-bond donors (Lipinski definition) is 0. The minimum atomic E-state index is 0.871. The first kappa shape index (κ1) is 16.7. The first-order chi connectivity index (χ1) is 7.77. The lowest BCUT2D eigenvalue weighted by Crippen LogP contribution is -1.89. The van der Waals surface area contributed by atoms with E-state index < -0.39 is 0 Å². The molecule has 0 aromatic heterocycles. The van der Waals surface area contributed by atoms with E-state index in [-0.39, 0.29) is 0 Å². The van der Waals surface area contributed by atoms with Gasteiger partial charge in [-0.3, -0.25) is 0 Å². The van der Waals surface area contributed by atoms with Crippen LogP contribution >= 0.6 is 22.6 Å². The molecule has 0 aromatic rings. The van der Waals surface area contributed by atoms with Gasteiger partial charge in [-0.25, -0.2) is 0 Å². The van der Waals surface area contributed by atoms with Crippen LogP contribution in [0.15, 0.2) is 0 Å². The summed E-state index contributed by atoms with van der Waals surface area (Å²) in [5, 5.41) is 0. The Morgan fingerprint density at radius 3 is 1.44 bits per heavy atom. The summed E-state index contributed by atoms with van der Waals surface area (Å²) in [6, 6.07) is 0. The Bertz CT molecular complexity index is 121. The van der Waals surface area contributed by atoms with Gasteiger partial charge >= 0.3 is 0 Å². The molecule has 0 spiro atoms. The summed E-state index contributed by atoms with van der Waals surface area (Å²) < 4.78 is 0.871. The van der Waals surface area contributed by atoms with Gasteiger partial charge in [0, 0.05) is 3.92 Å². The minimum absolute atomic E-state index is 0.871. The van der Waals surface area contributed by atoms with Crippen molar-refractivity contribution in [3.8, 4) is 0 Å². The molecule has 0 amide bonds. The quantitative estimate of drug-likeness (QED) is 0.216. The number of alkyl halides is 1. The van der Waals surface area contributed by atoms with E-state index >= 15 is 0 Å². The molecule has 98 valence electrons. The fourth-order valence-corrected chi connectivity index (χ4v) is 2.53. The lowest BCUT2D eigenvalue weighted by molar-refractivity contribution is 0.545. The molecule has 0 aliphatic carbocycles. The molecule has 16 heavy (non-hydrogen) atoms. The van der Waals surface area contributed by atoms with E-state index in [1.807, 2.05) is 0 Å². The zero-order valence-electron chi connectivity index (χ0n) is 11.4. The molecule has 0 saturated heterocycles. The fourth-order valence-electron chi connectivity index (χ4n) is 2.09. The molecule has 0 heterocycles. The zero-order valence-corrected chi connectivity index (χ0v) is 13.6. The van der Waals surface area contributed by atoms with Crippen molar-refractivity contribution in [3.05, 3.63) is 0 Å². The van der Waals surface area contributed by atoms with Crippen molar-refractivity contribution in [1.29, 1.82) is 0 Å². The second kappa shape index (κ2) is 13.8. The predicted molar refractivity (Wildman–Crippen MR) is 84.6 cm³/mol. The maximum Gasteiger partial charge on any atom is 0.00813 e. The summed E-state index contributed by atoms with van der Waals surface area (Å²) in [7, 11) is 0. The summed E-state index contributed by atoms with van der Waals surface area (Å²) in [4.78, 5) is 0. The van der Waals surface area contributed by atoms with Crippen molar-refractivity contribution >= 4 is 22.6 Å². The summed E-state index contributed by atoms with van der Waals surface area (Å²) in [5.41, 5.74) is 0. The number of hydrogen-bond acceptors (Lipinski definition) is 0. The fraction of sp³-hybridized carbons (Fsp3) is 1.00. The van der Waals surface area contributed by atoms with E-state index in [0.717, 1.165) is 3.92 Å². The molecule has 0 aliphatic rings. The van der Waals surface area contributed by atoms with Gasteiger partial charge in [-0.05, 0) is 6.42 Å². The van der Waals surface area contributed by atoms with Gasteiger partial charge in [-0.2, -0.15) is 0 Å². The summed E-state index contributed by atoms with van der Waals surface area (Å²) in [6.45, 7) is 4.60. The highest BCUT2D eigenvalue weighted by molar-refractivity contribution is 14.1. The molecule has 0 bridgehead atoms.